The molecule has 0 aromatic carbocycles. The average Bonchev–Trinajstić information content (AvgIpc) is 2.11. The second-order valence-electron chi connectivity index (χ2n) is 6.33. The lowest BCUT2D eigenvalue weighted by Crippen LogP contribution is -3.24. The van der Waals surface area contributed by atoms with Crippen molar-refractivity contribution in [3.63, 3.8) is 0 Å². The Hall–Kier alpha value is 0.870. The van der Waals surface area contributed by atoms with E-state index in [2.05, 4.69) is 82.5 Å². The fourth-order valence-electron chi connectivity index (χ4n) is 2.73. The third-order valence-electron chi connectivity index (χ3n) is 4.01. The van der Waals surface area contributed by atoms with Crippen molar-refractivity contribution in [1.29, 1.82) is 0 Å². The molecule has 3 nitrogen and oxygen atoms in total. The van der Waals surface area contributed by atoms with Crippen molar-refractivity contribution in [3.05, 3.63) is 0 Å². The van der Waals surface area contributed by atoms with Gasteiger partial charge in [0.05, 0.1) is 18.1 Å². The van der Waals surface area contributed by atoms with Crippen LogP contribution in [0.1, 0.15) is 40.5 Å². The summed E-state index contributed by atoms with van der Waals surface area (Å²) in [6.45, 7) is 8.86. The van der Waals surface area contributed by atoms with E-state index in [1.807, 2.05) is 0 Å². The standard InChI is InChI=1S/C12H20Br3NO2/c1-10(2)6-8(7-11(3,4)16(10)5)18-9(17)12(13,14)15/h8H,6-7H2,1-5H3/p+1. The number of piperidine rings is 1. The van der Waals surface area contributed by atoms with Crippen LogP contribution in [0, 0.1) is 0 Å². The van der Waals surface area contributed by atoms with Crippen molar-refractivity contribution in [1.82, 2.24) is 0 Å². The number of carbonyl (C=O) groups excluding carboxylic acids is 1. The number of carbonyl (C=O) groups is 1. The second kappa shape index (κ2) is 5.34. The molecular weight excluding hydrogens is 430 g/mol. The summed E-state index contributed by atoms with van der Waals surface area (Å²) in [6.07, 6.45) is 1.70. The van der Waals surface area contributed by atoms with Gasteiger partial charge in [-0.3, -0.25) is 0 Å². The minimum atomic E-state index is -0.975. The predicted octanol–water partition coefficient (Wildman–Crippen LogP) is 2.60. The molecule has 0 bridgehead atoms. The molecule has 0 atom stereocenters. The maximum Gasteiger partial charge on any atom is 0.345 e. The van der Waals surface area contributed by atoms with Crippen LogP contribution in [0.25, 0.3) is 0 Å². The van der Waals surface area contributed by atoms with Gasteiger partial charge in [-0.1, -0.05) is 0 Å². The first kappa shape index (κ1) is 16.9. The summed E-state index contributed by atoms with van der Waals surface area (Å²) >= 11 is 9.58. The van der Waals surface area contributed by atoms with Crippen molar-refractivity contribution >= 4 is 53.8 Å². The van der Waals surface area contributed by atoms with E-state index in [4.69, 9.17) is 4.74 Å². The molecule has 18 heavy (non-hydrogen) atoms. The van der Waals surface area contributed by atoms with Gasteiger partial charge in [0.1, 0.15) is 6.10 Å². The monoisotopic (exact) mass is 448 g/mol. The van der Waals surface area contributed by atoms with Crippen LogP contribution < -0.4 is 4.90 Å². The largest absolute Gasteiger partial charge is 0.460 e. The minimum absolute atomic E-state index is 0.0433. The van der Waals surface area contributed by atoms with Crippen LogP contribution in [0.3, 0.4) is 0 Å². The highest BCUT2D eigenvalue weighted by atomic mass is 80.0. The van der Waals surface area contributed by atoms with E-state index in [0.717, 1.165) is 12.8 Å². The molecular formula is C12H21Br3NO2+. The van der Waals surface area contributed by atoms with Gasteiger partial charge in [0.15, 0.2) is 0 Å². The van der Waals surface area contributed by atoms with Crippen LogP contribution in [-0.4, -0.2) is 32.3 Å². The summed E-state index contributed by atoms with van der Waals surface area (Å²) in [5, 5.41) is 0. The number of quaternary nitrogens is 1. The fourth-order valence-corrected chi connectivity index (χ4v) is 3.01. The molecule has 106 valence electrons. The maximum atomic E-state index is 11.9. The zero-order valence-electron chi connectivity index (χ0n) is 11.4. The molecule has 1 N–H and O–H groups in total. The van der Waals surface area contributed by atoms with E-state index < -0.39 is 2.14 Å². The minimum Gasteiger partial charge on any atom is -0.460 e. The summed E-state index contributed by atoms with van der Waals surface area (Å²) < 4.78 is 4.61. The SMILES string of the molecule is C[NH+]1C(C)(C)CC(OC(=O)C(Br)(Br)Br)CC1(C)C. The molecule has 0 amide bonds. The zero-order chi connectivity index (χ0) is 14.4. The van der Waals surface area contributed by atoms with E-state index in [0.29, 0.717) is 0 Å². The number of rotatable bonds is 1. The summed E-state index contributed by atoms with van der Waals surface area (Å²) in [7, 11) is 2.21. The van der Waals surface area contributed by atoms with Gasteiger partial charge < -0.3 is 9.64 Å². The van der Waals surface area contributed by atoms with Gasteiger partial charge in [-0.05, 0) is 75.5 Å². The summed E-state index contributed by atoms with van der Waals surface area (Å²) in [5.41, 5.74) is 0.195. The Labute approximate surface area is 134 Å². The number of hydrogen-bond acceptors (Lipinski definition) is 2. The lowest BCUT2D eigenvalue weighted by Gasteiger charge is -2.49. The molecule has 0 radical (unpaired) electrons. The molecule has 1 fully saturated rings. The lowest BCUT2D eigenvalue weighted by atomic mass is 9.79. The molecule has 1 saturated heterocycles. The predicted molar refractivity (Wildman–Crippen MR) is 83.7 cm³/mol. The summed E-state index contributed by atoms with van der Waals surface area (Å²) in [6, 6.07) is 0. The van der Waals surface area contributed by atoms with Gasteiger partial charge in [-0.2, -0.15) is 0 Å². The maximum absolute atomic E-state index is 11.9. The third-order valence-corrected chi connectivity index (χ3v) is 4.98. The Balaban J connectivity index is 2.79. The Morgan fingerprint density at radius 2 is 1.56 bits per heavy atom. The van der Waals surface area contributed by atoms with Crippen LogP contribution in [0.4, 0.5) is 0 Å². The van der Waals surface area contributed by atoms with Crippen LogP contribution in [-0.2, 0) is 9.53 Å². The molecule has 6 heteroatoms. The smallest absolute Gasteiger partial charge is 0.345 e. The molecule has 0 saturated carbocycles. The van der Waals surface area contributed by atoms with E-state index in [-0.39, 0.29) is 23.2 Å². The summed E-state index contributed by atoms with van der Waals surface area (Å²) in [4.78, 5) is 13.3. The Kier molecular flexibility index (Phi) is 5.02. The molecule has 0 aromatic rings. The molecule has 0 unspecified atom stereocenters. The van der Waals surface area contributed by atoms with Gasteiger partial charge in [0, 0.05) is 12.8 Å². The average molecular weight is 451 g/mol. The third kappa shape index (κ3) is 3.93. The van der Waals surface area contributed by atoms with E-state index in [1.165, 1.54) is 4.90 Å². The topological polar surface area (TPSA) is 30.7 Å². The zero-order valence-corrected chi connectivity index (χ0v) is 16.2. The van der Waals surface area contributed by atoms with Crippen LogP contribution in [0.5, 0.6) is 0 Å². The number of esters is 1. The van der Waals surface area contributed by atoms with Gasteiger partial charge in [0.25, 0.3) is 0 Å². The van der Waals surface area contributed by atoms with Crippen LogP contribution in [0.2, 0.25) is 0 Å². The highest BCUT2D eigenvalue weighted by molar-refractivity contribution is 9.40. The number of alkyl halides is 3. The molecule has 0 aliphatic carbocycles. The van der Waals surface area contributed by atoms with E-state index in [1.54, 1.807) is 0 Å². The molecule has 1 aliphatic rings. The lowest BCUT2D eigenvalue weighted by molar-refractivity contribution is -0.983. The number of nitrogens with one attached hydrogen (secondary N) is 1. The molecule has 1 aliphatic heterocycles. The molecule has 0 aromatic heterocycles. The Morgan fingerprint density at radius 3 is 1.89 bits per heavy atom. The Morgan fingerprint density at radius 1 is 1.17 bits per heavy atom. The fraction of sp³-hybridized carbons (Fsp3) is 0.917. The number of ether oxygens (including phenoxy) is 1. The Bertz CT molecular complexity index is 319. The van der Waals surface area contributed by atoms with Crippen molar-refractivity contribution in [2.45, 2.75) is 59.9 Å². The number of halogens is 3. The van der Waals surface area contributed by atoms with Gasteiger partial charge in [0.2, 0.25) is 2.14 Å². The first-order valence-electron chi connectivity index (χ1n) is 5.98. The molecule has 1 rings (SSSR count). The second-order valence-corrected chi connectivity index (χ2v) is 13.1. The highest BCUT2D eigenvalue weighted by Gasteiger charge is 2.49. The van der Waals surface area contributed by atoms with Gasteiger partial charge in [-0.15, -0.1) is 0 Å². The van der Waals surface area contributed by atoms with Crippen LogP contribution >= 0.6 is 47.8 Å². The quantitative estimate of drug-likeness (QED) is 0.491. The van der Waals surface area contributed by atoms with Crippen LogP contribution in [0.15, 0.2) is 0 Å². The van der Waals surface area contributed by atoms with Gasteiger partial charge >= 0.3 is 5.97 Å². The first-order chi connectivity index (χ1) is 7.86. The van der Waals surface area contributed by atoms with Crippen molar-refractivity contribution in [3.8, 4) is 0 Å². The van der Waals surface area contributed by atoms with Crippen molar-refractivity contribution in [2.24, 2.45) is 0 Å². The van der Waals surface area contributed by atoms with E-state index >= 15 is 0 Å². The normalized spacial score (nSPS) is 30.9. The van der Waals surface area contributed by atoms with Crippen molar-refractivity contribution in [2.75, 3.05) is 7.05 Å². The molecule has 1 heterocycles. The number of hydrogen-bond donors (Lipinski definition) is 1. The van der Waals surface area contributed by atoms with Crippen molar-refractivity contribution < 1.29 is 14.4 Å². The molecule has 0 spiro atoms. The highest BCUT2D eigenvalue weighted by Crippen LogP contribution is 2.36. The number of likely N-dealkylation sites (tertiary alicyclic amines) is 1. The van der Waals surface area contributed by atoms with E-state index in [9.17, 15) is 4.79 Å². The summed E-state index contributed by atoms with van der Waals surface area (Å²) in [5.74, 6) is -0.335. The first-order valence-corrected chi connectivity index (χ1v) is 8.36. The van der Waals surface area contributed by atoms with Gasteiger partial charge in [-0.25, -0.2) is 4.79 Å².